The van der Waals surface area contributed by atoms with Crippen LogP contribution in [0.1, 0.15) is 12.0 Å². The molecule has 1 aromatic rings. The summed E-state index contributed by atoms with van der Waals surface area (Å²) >= 11 is 0. The number of ether oxygens (including phenoxy) is 2. The van der Waals surface area contributed by atoms with E-state index in [2.05, 4.69) is 9.80 Å². The van der Waals surface area contributed by atoms with Gasteiger partial charge in [0.1, 0.15) is 19.0 Å². The molecule has 2 aliphatic rings. The van der Waals surface area contributed by atoms with Gasteiger partial charge in [0, 0.05) is 39.3 Å². The summed E-state index contributed by atoms with van der Waals surface area (Å²) in [4.78, 5) is 4.59. The molecule has 0 saturated carbocycles. The molecule has 1 atom stereocenters. The number of nitrogens with zero attached hydrogens (tertiary/aromatic N) is 2. The molecule has 0 spiro atoms. The van der Waals surface area contributed by atoms with E-state index in [0.29, 0.717) is 12.3 Å². The van der Waals surface area contributed by atoms with E-state index in [-0.39, 0.29) is 6.61 Å². The molecule has 2 saturated heterocycles. The largest absolute Gasteiger partial charge is 0.491 e. The number of hydrogen-bond donors (Lipinski definition) is 1. The molecule has 0 aliphatic carbocycles. The number of β-amino-alcohol motifs (C(OH)–C–C–N with tert-alkyl or cyclic N) is 1. The van der Waals surface area contributed by atoms with Crippen molar-refractivity contribution >= 4 is 0 Å². The Morgan fingerprint density at radius 2 is 1.88 bits per heavy atom. The molecule has 24 heavy (non-hydrogen) atoms. The highest BCUT2D eigenvalue weighted by Gasteiger charge is 2.37. The summed E-state index contributed by atoms with van der Waals surface area (Å²) in [6, 6.07) is 7.77. The Kier molecular flexibility index (Phi) is 6.05. The van der Waals surface area contributed by atoms with Crippen LogP contribution in [-0.4, -0.2) is 79.7 Å². The van der Waals surface area contributed by atoms with Gasteiger partial charge in [0.2, 0.25) is 0 Å². The monoisotopic (exact) mass is 338 g/mol. The molecule has 134 valence electrons. The van der Waals surface area contributed by atoms with Gasteiger partial charge in [-0.15, -0.1) is 0 Å². The van der Waals surface area contributed by atoms with E-state index in [4.69, 9.17) is 9.47 Å². The van der Waals surface area contributed by atoms with Crippen LogP contribution in [0, 0.1) is 0 Å². The zero-order valence-corrected chi connectivity index (χ0v) is 14.1. The summed E-state index contributed by atoms with van der Waals surface area (Å²) in [7, 11) is 0. The predicted octanol–water partition coefficient (Wildman–Crippen LogP) is 1.30. The van der Waals surface area contributed by atoms with Gasteiger partial charge in [-0.3, -0.25) is 9.80 Å². The van der Waals surface area contributed by atoms with E-state index in [1.165, 1.54) is 5.56 Å². The highest BCUT2D eigenvalue weighted by molar-refractivity contribution is 5.27. The van der Waals surface area contributed by atoms with E-state index in [1.54, 1.807) is 0 Å². The Bertz CT molecular complexity index is 507. The fraction of sp³-hybridized carbons (Fsp3) is 0.667. The normalized spacial score (nSPS) is 25.9. The molecule has 3 rings (SSSR count). The minimum atomic E-state index is -0.623. The molecule has 2 aliphatic heterocycles. The molecule has 2 fully saturated rings. The van der Waals surface area contributed by atoms with Gasteiger partial charge in [0.25, 0.3) is 0 Å². The van der Waals surface area contributed by atoms with Gasteiger partial charge in [0.15, 0.2) is 0 Å². The van der Waals surface area contributed by atoms with Crippen LogP contribution >= 0.6 is 0 Å². The van der Waals surface area contributed by atoms with E-state index < -0.39 is 12.3 Å². The third-order valence-corrected chi connectivity index (χ3v) is 4.71. The van der Waals surface area contributed by atoms with Crippen LogP contribution in [-0.2, 0) is 11.3 Å². The van der Waals surface area contributed by atoms with E-state index in [9.17, 15) is 9.50 Å². The van der Waals surface area contributed by atoms with Crippen molar-refractivity contribution < 1.29 is 19.0 Å². The predicted molar refractivity (Wildman–Crippen MR) is 90.0 cm³/mol. The topological polar surface area (TPSA) is 45.2 Å². The molecule has 0 aromatic heterocycles. The zero-order valence-electron chi connectivity index (χ0n) is 14.1. The Hall–Kier alpha value is -1.21. The number of morpholine rings is 1. The van der Waals surface area contributed by atoms with Gasteiger partial charge in [-0.05, 0) is 24.1 Å². The van der Waals surface area contributed by atoms with E-state index >= 15 is 0 Å². The summed E-state index contributed by atoms with van der Waals surface area (Å²) < 4.78 is 22.7. The van der Waals surface area contributed by atoms with Crippen molar-refractivity contribution in [1.82, 2.24) is 9.80 Å². The van der Waals surface area contributed by atoms with Gasteiger partial charge in [-0.2, -0.15) is 0 Å². The fourth-order valence-corrected chi connectivity index (χ4v) is 3.49. The highest BCUT2D eigenvalue weighted by atomic mass is 19.1. The molecule has 1 N–H and O–H groups in total. The van der Waals surface area contributed by atoms with Crippen LogP contribution in [0.3, 0.4) is 0 Å². The summed E-state index contributed by atoms with van der Waals surface area (Å²) in [5.41, 5.74) is 0.555. The van der Waals surface area contributed by atoms with Crippen LogP contribution in [0.25, 0.3) is 0 Å². The third-order valence-electron chi connectivity index (χ3n) is 4.71. The van der Waals surface area contributed by atoms with Crippen LogP contribution in [0.4, 0.5) is 4.39 Å². The van der Waals surface area contributed by atoms with Crippen LogP contribution < -0.4 is 4.74 Å². The SMILES string of the molecule is OC1(CN2CCOCC2)CCN(Cc2ccc(OCCF)cc2)C1. The van der Waals surface area contributed by atoms with Crippen LogP contribution in [0.2, 0.25) is 0 Å². The van der Waals surface area contributed by atoms with Gasteiger partial charge in [-0.25, -0.2) is 4.39 Å². The summed E-state index contributed by atoms with van der Waals surface area (Å²) in [5, 5.41) is 10.9. The molecule has 6 heteroatoms. The number of hydrogen-bond acceptors (Lipinski definition) is 5. The number of alkyl halides is 1. The van der Waals surface area contributed by atoms with Crippen molar-refractivity contribution in [2.45, 2.75) is 18.6 Å². The van der Waals surface area contributed by atoms with Crippen molar-refractivity contribution in [3.63, 3.8) is 0 Å². The van der Waals surface area contributed by atoms with E-state index in [1.807, 2.05) is 24.3 Å². The Balaban J connectivity index is 1.48. The molecule has 1 aromatic carbocycles. The van der Waals surface area contributed by atoms with Gasteiger partial charge in [-0.1, -0.05) is 12.1 Å². The number of benzene rings is 1. The smallest absolute Gasteiger partial charge is 0.123 e. The zero-order chi connectivity index (χ0) is 16.8. The van der Waals surface area contributed by atoms with Crippen molar-refractivity contribution in [3.05, 3.63) is 29.8 Å². The molecule has 2 heterocycles. The highest BCUT2D eigenvalue weighted by Crippen LogP contribution is 2.25. The number of halogens is 1. The first-order valence-electron chi connectivity index (χ1n) is 8.69. The lowest BCUT2D eigenvalue weighted by Gasteiger charge is -2.33. The Morgan fingerprint density at radius 1 is 1.12 bits per heavy atom. The van der Waals surface area contributed by atoms with Crippen molar-refractivity contribution in [1.29, 1.82) is 0 Å². The lowest BCUT2D eigenvalue weighted by atomic mass is 10.0. The fourth-order valence-electron chi connectivity index (χ4n) is 3.49. The molecule has 1 unspecified atom stereocenters. The first-order valence-corrected chi connectivity index (χ1v) is 8.69. The molecular weight excluding hydrogens is 311 g/mol. The number of aliphatic hydroxyl groups is 1. The maximum Gasteiger partial charge on any atom is 0.123 e. The quantitative estimate of drug-likeness (QED) is 0.812. The molecule has 0 radical (unpaired) electrons. The Morgan fingerprint density at radius 3 is 2.58 bits per heavy atom. The van der Waals surface area contributed by atoms with E-state index in [0.717, 1.165) is 52.4 Å². The second kappa shape index (κ2) is 8.25. The first kappa shape index (κ1) is 17.6. The molecule has 0 bridgehead atoms. The maximum absolute atomic E-state index is 12.1. The number of likely N-dealkylation sites (tertiary alicyclic amines) is 1. The first-order chi connectivity index (χ1) is 11.7. The average Bonchev–Trinajstić information content (AvgIpc) is 2.95. The lowest BCUT2D eigenvalue weighted by molar-refractivity contribution is -0.0266. The number of rotatable bonds is 7. The van der Waals surface area contributed by atoms with Gasteiger partial charge < -0.3 is 14.6 Å². The summed E-state index contributed by atoms with van der Waals surface area (Å²) in [6.07, 6.45) is 0.808. The molecule has 5 nitrogen and oxygen atoms in total. The van der Waals surface area contributed by atoms with Gasteiger partial charge >= 0.3 is 0 Å². The van der Waals surface area contributed by atoms with Crippen LogP contribution in [0.5, 0.6) is 5.75 Å². The standard InChI is InChI=1S/C18H27FN2O3/c19-6-10-24-17-3-1-16(2-4-17)13-21-7-5-18(22,15-21)14-20-8-11-23-12-9-20/h1-4,22H,5-15H2. The lowest BCUT2D eigenvalue weighted by Crippen LogP contribution is -2.48. The molecular formula is C18H27FN2O3. The van der Waals surface area contributed by atoms with Crippen LogP contribution in [0.15, 0.2) is 24.3 Å². The van der Waals surface area contributed by atoms with Crippen molar-refractivity contribution in [2.75, 3.05) is 59.2 Å². The van der Waals surface area contributed by atoms with Crippen molar-refractivity contribution in [3.8, 4) is 5.75 Å². The second-order valence-electron chi connectivity index (χ2n) is 6.75. The minimum Gasteiger partial charge on any atom is -0.491 e. The maximum atomic E-state index is 12.1. The summed E-state index contributed by atoms with van der Waals surface area (Å²) in [5.74, 6) is 0.696. The Labute approximate surface area is 143 Å². The van der Waals surface area contributed by atoms with Gasteiger partial charge in [0.05, 0.1) is 18.8 Å². The third kappa shape index (κ3) is 4.89. The molecule has 0 amide bonds. The second-order valence-corrected chi connectivity index (χ2v) is 6.75. The van der Waals surface area contributed by atoms with Crippen molar-refractivity contribution in [2.24, 2.45) is 0 Å². The average molecular weight is 338 g/mol. The minimum absolute atomic E-state index is 0.0973. The summed E-state index contributed by atoms with van der Waals surface area (Å²) in [6.45, 7) is 6.10.